The molecule has 9 aromatic carbocycles. The van der Waals surface area contributed by atoms with Gasteiger partial charge in [-0.2, -0.15) is 0 Å². The molecule has 5 nitrogen and oxygen atoms in total. The minimum atomic E-state index is 0.783. The molecule has 57 heavy (non-hydrogen) atoms. The number of nitrogens with zero attached hydrogens (tertiary/aromatic N) is 4. The summed E-state index contributed by atoms with van der Waals surface area (Å²) in [7, 11) is 0. The van der Waals surface area contributed by atoms with Gasteiger partial charge >= 0.3 is 0 Å². The number of furan rings is 1. The van der Waals surface area contributed by atoms with Crippen molar-refractivity contribution >= 4 is 114 Å². The van der Waals surface area contributed by atoms with Gasteiger partial charge in [0.05, 0.1) is 38.6 Å². The van der Waals surface area contributed by atoms with E-state index in [9.17, 15) is 0 Å². The maximum absolute atomic E-state index is 6.87. The quantitative estimate of drug-likeness (QED) is 0.167. The van der Waals surface area contributed by atoms with Crippen LogP contribution in [0.5, 0.6) is 0 Å². The average Bonchev–Trinajstić information content (AvgIpc) is 3.90. The predicted octanol–water partition coefficient (Wildman–Crippen LogP) is 13.7. The Morgan fingerprint density at radius 2 is 1.12 bits per heavy atom. The average molecular weight is 725 g/mol. The van der Waals surface area contributed by atoms with E-state index < -0.39 is 0 Å². The Balaban J connectivity index is 1.34. The minimum absolute atomic E-state index is 0.783. The molecule has 0 spiro atoms. The van der Waals surface area contributed by atoms with E-state index in [0.29, 0.717) is 0 Å². The zero-order chi connectivity index (χ0) is 36.9. The van der Waals surface area contributed by atoms with Crippen molar-refractivity contribution in [3.63, 3.8) is 0 Å². The molecule has 0 amide bonds. The van der Waals surface area contributed by atoms with E-state index in [1.807, 2.05) is 0 Å². The lowest BCUT2D eigenvalue weighted by molar-refractivity contribution is 0.669. The monoisotopic (exact) mass is 724 g/mol. The van der Waals surface area contributed by atoms with E-state index in [4.69, 9.17) is 14.4 Å². The van der Waals surface area contributed by atoms with Gasteiger partial charge in [-0.05, 0) is 35.0 Å². The number of hydrogen-bond acceptors (Lipinski definition) is 3. The lowest BCUT2D eigenvalue weighted by Gasteiger charge is -2.16. The lowest BCUT2D eigenvalue weighted by Crippen LogP contribution is -2.04. The molecule has 0 aliphatic rings. The molecule has 5 heteroatoms. The third-order valence-corrected chi connectivity index (χ3v) is 12.4. The highest BCUT2D eigenvalue weighted by atomic mass is 16.3. The molecule has 0 aliphatic heterocycles. The van der Waals surface area contributed by atoms with Gasteiger partial charge in [-0.3, -0.25) is 4.57 Å². The lowest BCUT2D eigenvalue weighted by atomic mass is 9.98. The van der Waals surface area contributed by atoms with Gasteiger partial charge in [0.2, 0.25) is 0 Å². The number of para-hydroxylation sites is 3. The second-order valence-corrected chi connectivity index (χ2v) is 15.3. The van der Waals surface area contributed by atoms with Crippen LogP contribution >= 0.6 is 0 Å². The minimum Gasteiger partial charge on any atom is -0.456 e. The molecule has 5 aromatic heterocycles. The topological polar surface area (TPSA) is 48.3 Å². The number of hydrogen-bond donors (Lipinski definition) is 0. The predicted molar refractivity (Wildman–Crippen MR) is 236 cm³/mol. The number of benzene rings is 9. The Morgan fingerprint density at radius 3 is 2.02 bits per heavy atom. The molecule has 14 rings (SSSR count). The van der Waals surface area contributed by atoms with Gasteiger partial charge in [0.15, 0.2) is 5.82 Å². The zero-order valence-corrected chi connectivity index (χ0v) is 30.4. The number of rotatable bonds is 2. The van der Waals surface area contributed by atoms with E-state index in [0.717, 1.165) is 88.1 Å². The van der Waals surface area contributed by atoms with E-state index in [1.54, 1.807) is 0 Å². The van der Waals surface area contributed by atoms with E-state index in [-0.39, 0.29) is 0 Å². The van der Waals surface area contributed by atoms with Crippen LogP contribution in [-0.2, 0) is 0 Å². The summed E-state index contributed by atoms with van der Waals surface area (Å²) in [6, 6.07) is 60.8. The Morgan fingerprint density at radius 1 is 0.404 bits per heavy atom. The SMILES string of the molecule is c1ccc(-c2nc3ccc4ccccc4c3nc2-n2c3cc4oc5ccccc5c4c4c5cccc6c7ccccc7n(c7cc8ccccc8c2c7c43)c65)cc1. The number of aromatic nitrogens is 4. The summed E-state index contributed by atoms with van der Waals surface area (Å²) in [6.45, 7) is 0. The standard InChI is InChI=1S/C52H28N4O/c1-2-14-30(15-3-1)48-52(54-49-32-17-6-4-13-29(32)25-26-38(49)53-48)56-41-28-43-44(36-20-9-11-24-42(36)57-43)45-37-22-12-21-35-34-19-8-10-23-39(34)55(50(35)37)40-27-31-16-5-7-18-33(31)51(56)47(40)46(41)45/h1-28H. The van der Waals surface area contributed by atoms with E-state index in [2.05, 4.69) is 179 Å². The highest BCUT2D eigenvalue weighted by Crippen LogP contribution is 2.50. The van der Waals surface area contributed by atoms with Crippen LogP contribution in [-0.4, -0.2) is 18.9 Å². The maximum Gasteiger partial charge on any atom is 0.165 e. The molecule has 0 bridgehead atoms. The third kappa shape index (κ3) is 3.69. The first-order valence-electron chi connectivity index (χ1n) is 19.4. The molecule has 14 aromatic rings. The van der Waals surface area contributed by atoms with Crippen molar-refractivity contribution in [1.82, 2.24) is 18.9 Å². The largest absolute Gasteiger partial charge is 0.456 e. The van der Waals surface area contributed by atoms with Crippen LogP contribution in [0.1, 0.15) is 0 Å². The van der Waals surface area contributed by atoms with Gasteiger partial charge in [0.25, 0.3) is 0 Å². The van der Waals surface area contributed by atoms with Crippen molar-refractivity contribution in [3.8, 4) is 17.1 Å². The van der Waals surface area contributed by atoms with Crippen molar-refractivity contribution in [2.75, 3.05) is 0 Å². The molecule has 0 aliphatic carbocycles. The first-order valence-corrected chi connectivity index (χ1v) is 19.4. The van der Waals surface area contributed by atoms with Crippen molar-refractivity contribution in [2.45, 2.75) is 0 Å². The molecule has 262 valence electrons. The zero-order valence-electron chi connectivity index (χ0n) is 30.4. The maximum atomic E-state index is 6.87. The summed E-state index contributed by atoms with van der Waals surface area (Å²) in [5.74, 6) is 0.783. The van der Waals surface area contributed by atoms with Crippen molar-refractivity contribution in [3.05, 3.63) is 170 Å². The van der Waals surface area contributed by atoms with Crippen LogP contribution < -0.4 is 0 Å². The highest BCUT2D eigenvalue weighted by molar-refractivity contribution is 6.40. The van der Waals surface area contributed by atoms with Gasteiger partial charge < -0.3 is 8.82 Å². The second kappa shape index (κ2) is 10.5. The Labute approximate surface area is 323 Å². The fourth-order valence-electron chi connectivity index (χ4n) is 10.1. The summed E-state index contributed by atoms with van der Waals surface area (Å²) in [4.78, 5) is 11.3. The summed E-state index contributed by atoms with van der Waals surface area (Å²) < 4.78 is 11.8. The smallest absolute Gasteiger partial charge is 0.165 e. The first kappa shape index (κ1) is 29.6. The van der Waals surface area contributed by atoms with Gasteiger partial charge in [0.1, 0.15) is 16.9 Å². The molecule has 0 atom stereocenters. The van der Waals surface area contributed by atoms with Crippen LogP contribution in [0.15, 0.2) is 174 Å². The molecule has 0 N–H and O–H groups in total. The molecular formula is C52H28N4O. The normalized spacial score (nSPS) is 12.6. The van der Waals surface area contributed by atoms with Crippen LogP contribution in [0, 0.1) is 0 Å². The highest BCUT2D eigenvalue weighted by Gasteiger charge is 2.29. The van der Waals surface area contributed by atoms with Crippen LogP contribution in [0.3, 0.4) is 0 Å². The Bertz CT molecular complexity index is 4040. The van der Waals surface area contributed by atoms with Gasteiger partial charge in [-0.15, -0.1) is 0 Å². The molecule has 0 saturated carbocycles. The summed E-state index contributed by atoms with van der Waals surface area (Å²) >= 11 is 0. The fraction of sp³-hybridized carbons (Fsp3) is 0. The van der Waals surface area contributed by atoms with Crippen LogP contribution in [0.25, 0.3) is 131 Å². The van der Waals surface area contributed by atoms with Gasteiger partial charge in [-0.25, -0.2) is 9.97 Å². The molecule has 0 saturated heterocycles. The molecule has 0 fully saturated rings. The van der Waals surface area contributed by atoms with Crippen molar-refractivity contribution < 1.29 is 4.42 Å². The second-order valence-electron chi connectivity index (χ2n) is 15.3. The Kier molecular flexibility index (Phi) is 5.45. The van der Waals surface area contributed by atoms with Gasteiger partial charge in [0, 0.05) is 65.5 Å². The molecule has 5 heterocycles. The van der Waals surface area contributed by atoms with Gasteiger partial charge in [-0.1, -0.05) is 140 Å². The van der Waals surface area contributed by atoms with E-state index in [1.165, 1.54) is 43.4 Å². The first-order chi connectivity index (χ1) is 28.3. The van der Waals surface area contributed by atoms with Crippen molar-refractivity contribution in [2.24, 2.45) is 0 Å². The summed E-state index contributed by atoms with van der Waals surface area (Å²) in [6.07, 6.45) is 0. The Hall–Kier alpha value is -7.76. The summed E-state index contributed by atoms with van der Waals surface area (Å²) in [5, 5.41) is 14.0. The number of fused-ring (bicyclic) bond motifs is 14. The van der Waals surface area contributed by atoms with Crippen LogP contribution in [0.4, 0.5) is 0 Å². The van der Waals surface area contributed by atoms with E-state index >= 15 is 0 Å². The molecular weight excluding hydrogens is 697 g/mol. The van der Waals surface area contributed by atoms with Crippen LogP contribution in [0.2, 0.25) is 0 Å². The molecule has 0 radical (unpaired) electrons. The third-order valence-electron chi connectivity index (χ3n) is 12.4. The molecule has 0 unspecified atom stereocenters. The van der Waals surface area contributed by atoms with Crippen molar-refractivity contribution in [1.29, 1.82) is 0 Å². The fourth-order valence-corrected chi connectivity index (χ4v) is 10.1. The summed E-state index contributed by atoms with van der Waals surface area (Å²) in [5.41, 5.74) is 10.9.